The van der Waals surface area contributed by atoms with Crippen molar-refractivity contribution in [3.63, 3.8) is 0 Å². The smallest absolute Gasteiger partial charge is 0.243 e. The van der Waals surface area contributed by atoms with Gasteiger partial charge in [-0.1, -0.05) is 30.3 Å². The van der Waals surface area contributed by atoms with E-state index in [1.165, 1.54) is 4.31 Å². The minimum absolute atomic E-state index is 0.152. The van der Waals surface area contributed by atoms with Gasteiger partial charge in [0.05, 0.1) is 22.7 Å². The van der Waals surface area contributed by atoms with Crippen LogP contribution in [0, 0.1) is 11.3 Å². The molecule has 2 aromatic rings. The topological polar surface area (TPSA) is 93.5 Å². The molecular weight excluding hydrogens is 364 g/mol. The molecule has 0 radical (unpaired) electrons. The first-order valence-corrected chi connectivity index (χ1v) is 10.0. The number of sulfonamides is 1. The fourth-order valence-electron chi connectivity index (χ4n) is 2.95. The highest BCUT2D eigenvalue weighted by Crippen LogP contribution is 2.17. The summed E-state index contributed by atoms with van der Waals surface area (Å²) in [4.78, 5) is 14.4. The average Bonchev–Trinajstić information content (AvgIpc) is 2.69. The molecule has 27 heavy (non-hydrogen) atoms. The van der Waals surface area contributed by atoms with E-state index in [2.05, 4.69) is 5.32 Å². The minimum Gasteiger partial charge on any atom is -0.324 e. The molecule has 8 heteroatoms. The molecule has 2 aromatic carbocycles. The molecule has 7 nitrogen and oxygen atoms in total. The number of nitriles is 1. The van der Waals surface area contributed by atoms with Crippen molar-refractivity contribution in [3.05, 3.63) is 60.2 Å². The van der Waals surface area contributed by atoms with Gasteiger partial charge < -0.3 is 5.32 Å². The van der Waals surface area contributed by atoms with Crippen molar-refractivity contribution in [2.75, 3.05) is 38.0 Å². The Kier molecular flexibility index (Phi) is 5.86. The lowest BCUT2D eigenvalue weighted by Gasteiger charge is -2.33. The van der Waals surface area contributed by atoms with Crippen molar-refractivity contribution in [2.45, 2.75) is 4.90 Å². The highest BCUT2D eigenvalue weighted by Gasteiger charge is 2.28. The van der Waals surface area contributed by atoms with Crippen molar-refractivity contribution in [2.24, 2.45) is 0 Å². The molecule has 1 aliphatic rings. The lowest BCUT2D eigenvalue weighted by atomic mass is 10.2. The van der Waals surface area contributed by atoms with Crippen LogP contribution in [0.5, 0.6) is 0 Å². The molecule has 0 unspecified atom stereocenters. The summed E-state index contributed by atoms with van der Waals surface area (Å²) in [5.74, 6) is -0.225. The van der Waals surface area contributed by atoms with Crippen molar-refractivity contribution in [3.8, 4) is 6.07 Å². The fraction of sp³-hybridized carbons (Fsp3) is 0.263. The molecule has 0 aliphatic carbocycles. The number of amides is 1. The Bertz CT molecular complexity index is 946. The second-order valence-corrected chi connectivity index (χ2v) is 8.14. The monoisotopic (exact) mass is 384 g/mol. The number of nitrogens with zero attached hydrogens (tertiary/aromatic N) is 3. The quantitative estimate of drug-likeness (QED) is 0.843. The standard InChI is InChI=1S/C19H20N4O3S/c20-14-16-6-4-5-9-18(16)21-19(24)15-22-10-12-23(13-11-22)27(25,26)17-7-2-1-3-8-17/h1-9H,10-13,15H2,(H,21,24). The summed E-state index contributed by atoms with van der Waals surface area (Å²) in [7, 11) is -3.50. The maximum Gasteiger partial charge on any atom is 0.243 e. The Morgan fingerprint density at radius 3 is 2.30 bits per heavy atom. The van der Waals surface area contributed by atoms with Crippen LogP contribution >= 0.6 is 0 Å². The number of carbonyl (C=O) groups excluding carboxylic acids is 1. The Labute approximate surface area is 158 Å². The van der Waals surface area contributed by atoms with E-state index in [0.717, 1.165) is 0 Å². The predicted octanol–water partition coefficient (Wildman–Crippen LogP) is 1.50. The van der Waals surface area contributed by atoms with Gasteiger partial charge in [-0.05, 0) is 24.3 Å². The number of anilines is 1. The van der Waals surface area contributed by atoms with Crippen molar-refractivity contribution >= 4 is 21.6 Å². The fourth-order valence-corrected chi connectivity index (χ4v) is 4.40. The van der Waals surface area contributed by atoms with E-state index in [9.17, 15) is 13.2 Å². The van der Waals surface area contributed by atoms with Crippen LogP contribution in [0.25, 0.3) is 0 Å². The molecule has 1 saturated heterocycles. The second kappa shape index (κ2) is 8.31. The van der Waals surface area contributed by atoms with Gasteiger partial charge in [-0.2, -0.15) is 9.57 Å². The summed E-state index contributed by atoms with van der Waals surface area (Å²) in [5.41, 5.74) is 0.889. The Morgan fingerprint density at radius 2 is 1.63 bits per heavy atom. The number of hydrogen-bond acceptors (Lipinski definition) is 5. The predicted molar refractivity (Wildman–Crippen MR) is 101 cm³/mol. The van der Waals surface area contributed by atoms with E-state index in [4.69, 9.17) is 5.26 Å². The lowest BCUT2D eigenvalue weighted by Crippen LogP contribution is -2.50. The van der Waals surface area contributed by atoms with Gasteiger partial charge >= 0.3 is 0 Å². The molecule has 3 rings (SSSR count). The molecule has 0 saturated carbocycles. The van der Waals surface area contributed by atoms with Crippen LogP contribution in [0.1, 0.15) is 5.56 Å². The van der Waals surface area contributed by atoms with Gasteiger partial charge in [0.2, 0.25) is 15.9 Å². The third-order valence-corrected chi connectivity index (χ3v) is 6.31. The van der Waals surface area contributed by atoms with Crippen LogP contribution in [-0.2, 0) is 14.8 Å². The number of para-hydroxylation sites is 1. The van der Waals surface area contributed by atoms with E-state index in [-0.39, 0.29) is 17.3 Å². The summed E-state index contributed by atoms with van der Waals surface area (Å²) in [6.07, 6.45) is 0. The molecule has 0 aromatic heterocycles. The van der Waals surface area contributed by atoms with Gasteiger partial charge in [0, 0.05) is 26.2 Å². The normalized spacial score (nSPS) is 15.8. The summed E-state index contributed by atoms with van der Waals surface area (Å²) >= 11 is 0. The Hall–Kier alpha value is -2.73. The average molecular weight is 384 g/mol. The third-order valence-electron chi connectivity index (χ3n) is 4.40. The largest absolute Gasteiger partial charge is 0.324 e. The first-order chi connectivity index (χ1) is 13.0. The highest BCUT2D eigenvalue weighted by molar-refractivity contribution is 7.89. The molecule has 1 fully saturated rings. The SMILES string of the molecule is N#Cc1ccccc1NC(=O)CN1CCN(S(=O)(=O)c2ccccc2)CC1. The zero-order valence-corrected chi connectivity index (χ0v) is 15.5. The third kappa shape index (κ3) is 4.52. The number of benzene rings is 2. The van der Waals surface area contributed by atoms with Gasteiger partial charge in [-0.15, -0.1) is 0 Å². The van der Waals surface area contributed by atoms with Crippen molar-refractivity contribution in [1.29, 1.82) is 5.26 Å². The van der Waals surface area contributed by atoms with Gasteiger partial charge in [0.25, 0.3) is 0 Å². The van der Waals surface area contributed by atoms with E-state index in [0.29, 0.717) is 37.4 Å². The maximum atomic E-state index is 12.6. The van der Waals surface area contributed by atoms with Crippen LogP contribution < -0.4 is 5.32 Å². The summed E-state index contributed by atoms with van der Waals surface area (Å²) < 4.78 is 26.7. The van der Waals surface area contributed by atoms with Crippen LogP contribution in [0.3, 0.4) is 0 Å². The number of nitrogens with one attached hydrogen (secondary N) is 1. The Balaban J connectivity index is 1.55. The molecule has 1 amide bonds. The van der Waals surface area contributed by atoms with Crippen molar-refractivity contribution in [1.82, 2.24) is 9.21 Å². The molecule has 1 aliphatic heterocycles. The van der Waals surface area contributed by atoms with Crippen LogP contribution in [-0.4, -0.2) is 56.3 Å². The van der Waals surface area contributed by atoms with E-state index < -0.39 is 10.0 Å². The first kappa shape index (κ1) is 19.0. The van der Waals surface area contributed by atoms with Gasteiger partial charge in [-0.3, -0.25) is 9.69 Å². The molecule has 0 atom stereocenters. The second-order valence-electron chi connectivity index (χ2n) is 6.20. The first-order valence-electron chi connectivity index (χ1n) is 8.57. The van der Waals surface area contributed by atoms with Crippen LogP contribution in [0.15, 0.2) is 59.5 Å². The van der Waals surface area contributed by atoms with E-state index in [1.807, 2.05) is 11.0 Å². The summed E-state index contributed by atoms with van der Waals surface area (Å²) in [6, 6.07) is 17.2. The molecule has 1 N–H and O–H groups in total. The number of carbonyl (C=O) groups is 1. The number of rotatable bonds is 5. The molecule has 0 spiro atoms. The minimum atomic E-state index is -3.50. The molecule has 0 bridgehead atoms. The van der Waals surface area contributed by atoms with Crippen LogP contribution in [0.4, 0.5) is 5.69 Å². The molecular formula is C19H20N4O3S. The van der Waals surface area contributed by atoms with Gasteiger partial charge in [0.15, 0.2) is 0 Å². The Morgan fingerprint density at radius 1 is 1.00 bits per heavy atom. The van der Waals surface area contributed by atoms with Gasteiger partial charge in [0.1, 0.15) is 6.07 Å². The van der Waals surface area contributed by atoms with E-state index in [1.54, 1.807) is 54.6 Å². The van der Waals surface area contributed by atoms with Crippen molar-refractivity contribution < 1.29 is 13.2 Å². The molecule has 1 heterocycles. The van der Waals surface area contributed by atoms with Gasteiger partial charge in [-0.25, -0.2) is 8.42 Å². The maximum absolute atomic E-state index is 12.6. The van der Waals surface area contributed by atoms with Crippen LogP contribution in [0.2, 0.25) is 0 Å². The number of piperazine rings is 1. The molecule has 140 valence electrons. The number of hydrogen-bond donors (Lipinski definition) is 1. The zero-order valence-electron chi connectivity index (χ0n) is 14.7. The summed E-state index contributed by atoms with van der Waals surface area (Å²) in [5, 5.41) is 11.8. The summed E-state index contributed by atoms with van der Waals surface area (Å²) in [6.45, 7) is 1.76. The van der Waals surface area contributed by atoms with E-state index >= 15 is 0 Å². The highest BCUT2D eigenvalue weighted by atomic mass is 32.2. The zero-order chi connectivity index (χ0) is 19.3. The lowest BCUT2D eigenvalue weighted by molar-refractivity contribution is -0.117.